The first-order chi connectivity index (χ1) is 16.9. The number of rotatable bonds is 10. The van der Waals surface area contributed by atoms with Crippen molar-refractivity contribution >= 4 is 17.7 Å². The second-order valence-corrected chi connectivity index (χ2v) is 8.88. The van der Waals surface area contributed by atoms with Crippen LogP contribution in [0.4, 0.5) is 4.39 Å². The summed E-state index contributed by atoms with van der Waals surface area (Å²) in [7, 11) is 0. The number of benzene rings is 2. The Kier molecular flexibility index (Phi) is 7.81. The molecule has 0 fully saturated rings. The molecule has 2 aromatic heterocycles. The molecule has 2 heterocycles. The molecule has 0 spiro atoms. The van der Waals surface area contributed by atoms with Gasteiger partial charge in [0, 0.05) is 17.8 Å². The lowest BCUT2D eigenvalue weighted by molar-refractivity contribution is -0.118. The highest BCUT2D eigenvalue weighted by atomic mass is 32.2. The van der Waals surface area contributed by atoms with Crippen molar-refractivity contribution < 1.29 is 18.3 Å². The monoisotopic (exact) mass is 495 g/mol. The van der Waals surface area contributed by atoms with E-state index in [0.29, 0.717) is 13.1 Å². The molecule has 182 valence electrons. The van der Waals surface area contributed by atoms with Gasteiger partial charge in [-0.3, -0.25) is 9.48 Å². The van der Waals surface area contributed by atoms with Gasteiger partial charge in [-0.25, -0.2) is 4.39 Å². The molecule has 10 heteroatoms. The third kappa shape index (κ3) is 6.27. The maximum Gasteiger partial charge on any atom is 0.277 e. The Morgan fingerprint density at radius 1 is 1.14 bits per heavy atom. The SMILES string of the molecule is Cc1nn(Cc2ccccc2)c(C)c1CNC(=O)CSc1nnc(C(C)Oc2ccccc2F)o1. The Balaban J connectivity index is 1.27. The highest BCUT2D eigenvalue weighted by Gasteiger charge is 2.18. The van der Waals surface area contributed by atoms with Crippen LogP contribution in [0.5, 0.6) is 5.75 Å². The number of nitrogens with zero attached hydrogens (tertiary/aromatic N) is 4. The molecule has 35 heavy (non-hydrogen) atoms. The minimum atomic E-state index is -0.638. The van der Waals surface area contributed by atoms with Crippen molar-refractivity contribution in [3.8, 4) is 5.75 Å². The van der Waals surface area contributed by atoms with Crippen LogP contribution < -0.4 is 10.1 Å². The first-order valence-electron chi connectivity index (χ1n) is 11.1. The number of thioether (sulfide) groups is 1. The number of aromatic nitrogens is 4. The summed E-state index contributed by atoms with van der Waals surface area (Å²) >= 11 is 1.12. The molecule has 2 aromatic carbocycles. The topological polar surface area (TPSA) is 95.1 Å². The molecule has 0 aliphatic heterocycles. The van der Waals surface area contributed by atoms with Crippen LogP contribution in [0.3, 0.4) is 0 Å². The van der Waals surface area contributed by atoms with Gasteiger partial charge in [0.05, 0.1) is 18.0 Å². The van der Waals surface area contributed by atoms with Crippen LogP contribution in [0.15, 0.2) is 64.2 Å². The molecule has 0 saturated carbocycles. The molecule has 1 atom stereocenters. The van der Waals surface area contributed by atoms with E-state index in [9.17, 15) is 9.18 Å². The fraction of sp³-hybridized carbons (Fsp3) is 0.280. The number of para-hydroxylation sites is 1. The average molecular weight is 496 g/mol. The Hall–Kier alpha value is -3.66. The lowest BCUT2D eigenvalue weighted by atomic mass is 10.2. The van der Waals surface area contributed by atoms with Crippen LogP contribution >= 0.6 is 11.8 Å². The lowest BCUT2D eigenvalue weighted by Crippen LogP contribution is -2.25. The van der Waals surface area contributed by atoms with Gasteiger partial charge >= 0.3 is 0 Å². The summed E-state index contributed by atoms with van der Waals surface area (Å²) in [5.74, 6) is -0.223. The van der Waals surface area contributed by atoms with Crippen molar-refractivity contribution in [2.45, 2.75) is 45.2 Å². The summed E-state index contributed by atoms with van der Waals surface area (Å²) in [6.45, 7) is 6.69. The zero-order valence-corrected chi connectivity index (χ0v) is 20.5. The van der Waals surface area contributed by atoms with E-state index in [1.807, 2.05) is 36.7 Å². The van der Waals surface area contributed by atoms with Gasteiger partial charge in [0.2, 0.25) is 5.91 Å². The highest BCUT2D eigenvalue weighted by Crippen LogP contribution is 2.25. The molecule has 4 aromatic rings. The molecule has 0 bridgehead atoms. The maximum atomic E-state index is 13.8. The number of hydrogen-bond acceptors (Lipinski definition) is 7. The minimum Gasteiger partial charge on any atom is -0.478 e. The number of amides is 1. The van der Waals surface area contributed by atoms with E-state index in [4.69, 9.17) is 9.15 Å². The summed E-state index contributed by atoms with van der Waals surface area (Å²) in [5.41, 5.74) is 4.07. The van der Waals surface area contributed by atoms with Gasteiger partial charge in [0.25, 0.3) is 11.1 Å². The third-order valence-electron chi connectivity index (χ3n) is 5.41. The zero-order chi connectivity index (χ0) is 24.8. The fourth-order valence-corrected chi connectivity index (χ4v) is 4.09. The Morgan fingerprint density at radius 2 is 1.89 bits per heavy atom. The molecule has 8 nitrogen and oxygen atoms in total. The fourth-order valence-electron chi connectivity index (χ4n) is 3.49. The van der Waals surface area contributed by atoms with E-state index in [2.05, 4.69) is 32.7 Å². The first-order valence-corrected chi connectivity index (χ1v) is 12.1. The van der Waals surface area contributed by atoms with Crippen molar-refractivity contribution in [3.05, 3.63) is 88.8 Å². The summed E-state index contributed by atoms with van der Waals surface area (Å²) in [6.07, 6.45) is -0.638. The van der Waals surface area contributed by atoms with Crippen LogP contribution in [0.2, 0.25) is 0 Å². The quantitative estimate of drug-likeness (QED) is 0.321. The Morgan fingerprint density at radius 3 is 2.66 bits per heavy atom. The summed E-state index contributed by atoms with van der Waals surface area (Å²) in [6, 6.07) is 16.2. The van der Waals surface area contributed by atoms with Crippen molar-refractivity contribution in [3.63, 3.8) is 0 Å². The molecular formula is C25H26FN5O3S. The van der Waals surface area contributed by atoms with E-state index < -0.39 is 11.9 Å². The number of hydrogen-bond donors (Lipinski definition) is 1. The van der Waals surface area contributed by atoms with Crippen molar-refractivity contribution in [2.24, 2.45) is 0 Å². The molecule has 4 rings (SSSR count). The van der Waals surface area contributed by atoms with E-state index >= 15 is 0 Å². The van der Waals surface area contributed by atoms with E-state index in [1.54, 1.807) is 19.1 Å². The van der Waals surface area contributed by atoms with E-state index in [0.717, 1.165) is 34.3 Å². The van der Waals surface area contributed by atoms with Gasteiger partial charge in [-0.2, -0.15) is 5.10 Å². The Labute approximate surface area is 206 Å². The molecule has 1 N–H and O–H groups in total. The Bertz CT molecular complexity index is 1290. The van der Waals surface area contributed by atoms with Crippen LogP contribution in [0, 0.1) is 19.7 Å². The number of halogens is 1. The van der Waals surface area contributed by atoms with Crippen LogP contribution in [-0.2, 0) is 17.9 Å². The van der Waals surface area contributed by atoms with Gasteiger partial charge in [0.15, 0.2) is 17.7 Å². The number of nitrogens with one attached hydrogen (secondary N) is 1. The minimum absolute atomic E-state index is 0.101. The third-order valence-corrected chi connectivity index (χ3v) is 6.22. The normalized spacial score (nSPS) is 11.9. The molecule has 0 aliphatic rings. The molecule has 0 aliphatic carbocycles. The molecule has 1 unspecified atom stereocenters. The highest BCUT2D eigenvalue weighted by molar-refractivity contribution is 7.99. The van der Waals surface area contributed by atoms with Crippen LogP contribution in [0.25, 0.3) is 0 Å². The maximum absolute atomic E-state index is 13.8. The first kappa shape index (κ1) is 24.5. The summed E-state index contributed by atoms with van der Waals surface area (Å²) in [5, 5.41) is 15.7. The zero-order valence-electron chi connectivity index (χ0n) is 19.7. The number of aryl methyl sites for hydroxylation is 1. The van der Waals surface area contributed by atoms with Gasteiger partial charge in [-0.05, 0) is 38.5 Å². The van der Waals surface area contributed by atoms with Gasteiger partial charge < -0.3 is 14.5 Å². The van der Waals surface area contributed by atoms with Crippen LogP contribution in [-0.4, -0.2) is 31.6 Å². The van der Waals surface area contributed by atoms with Crippen molar-refractivity contribution in [2.75, 3.05) is 5.75 Å². The van der Waals surface area contributed by atoms with Crippen LogP contribution in [0.1, 0.15) is 41.4 Å². The van der Waals surface area contributed by atoms with Gasteiger partial charge in [-0.15, -0.1) is 10.2 Å². The molecule has 1 amide bonds. The average Bonchev–Trinajstić information content (AvgIpc) is 3.43. The predicted molar refractivity (Wildman–Crippen MR) is 130 cm³/mol. The van der Waals surface area contributed by atoms with Gasteiger partial charge in [-0.1, -0.05) is 54.2 Å². The summed E-state index contributed by atoms with van der Waals surface area (Å²) < 4.78 is 26.8. The van der Waals surface area contributed by atoms with E-state index in [1.165, 1.54) is 12.1 Å². The predicted octanol–water partition coefficient (Wildman–Crippen LogP) is 4.62. The lowest BCUT2D eigenvalue weighted by Gasteiger charge is -2.11. The molecular weight excluding hydrogens is 469 g/mol. The number of carbonyl (C=O) groups is 1. The van der Waals surface area contributed by atoms with E-state index in [-0.39, 0.29) is 28.5 Å². The van der Waals surface area contributed by atoms with Crippen molar-refractivity contribution in [1.82, 2.24) is 25.3 Å². The molecule has 0 radical (unpaired) electrons. The second kappa shape index (κ2) is 11.2. The molecule has 0 saturated heterocycles. The summed E-state index contributed by atoms with van der Waals surface area (Å²) in [4.78, 5) is 12.4. The number of carbonyl (C=O) groups excluding carboxylic acids is 1. The largest absolute Gasteiger partial charge is 0.478 e. The smallest absolute Gasteiger partial charge is 0.277 e. The van der Waals surface area contributed by atoms with Gasteiger partial charge in [0.1, 0.15) is 0 Å². The standard InChI is InChI=1S/C25H26FN5O3S/c1-16-20(17(2)31(30-16)14-19-9-5-4-6-10-19)13-27-23(32)15-35-25-29-28-24(34-25)18(3)33-22-12-8-7-11-21(22)26/h4-12,18H,13-15H2,1-3H3,(H,27,32). The number of ether oxygens (including phenoxy) is 1. The van der Waals surface area contributed by atoms with Crippen molar-refractivity contribution in [1.29, 1.82) is 0 Å². The second-order valence-electron chi connectivity index (χ2n) is 7.95.